The lowest BCUT2D eigenvalue weighted by Gasteiger charge is -2.37. The molecule has 2 nitrogen and oxygen atoms in total. The van der Waals surface area contributed by atoms with Gasteiger partial charge in [0.15, 0.2) is 0 Å². The molecule has 4 rings (SSSR count). The van der Waals surface area contributed by atoms with Gasteiger partial charge >= 0.3 is 0 Å². The Morgan fingerprint density at radius 1 is 1.16 bits per heavy atom. The maximum Gasteiger partial charge on any atom is 0.125 e. The summed E-state index contributed by atoms with van der Waals surface area (Å²) in [4.78, 5) is 0. The molecule has 31 heavy (non-hydrogen) atoms. The van der Waals surface area contributed by atoms with E-state index in [0.717, 1.165) is 48.8 Å². The quantitative estimate of drug-likeness (QED) is 0.357. The Labute approximate surface area is 185 Å². The first-order valence-electron chi connectivity index (χ1n) is 11.7. The third-order valence-corrected chi connectivity index (χ3v) is 7.40. The third-order valence-electron chi connectivity index (χ3n) is 7.40. The van der Waals surface area contributed by atoms with Gasteiger partial charge in [-0.05, 0) is 72.6 Å². The van der Waals surface area contributed by atoms with Crippen LogP contribution in [0.2, 0.25) is 0 Å². The monoisotopic (exact) mass is 419 g/mol. The van der Waals surface area contributed by atoms with E-state index >= 15 is 0 Å². The predicted molar refractivity (Wildman–Crippen MR) is 128 cm³/mol. The molecule has 164 valence electrons. The van der Waals surface area contributed by atoms with Crippen molar-refractivity contribution in [3.8, 4) is 0 Å². The van der Waals surface area contributed by atoms with E-state index in [9.17, 15) is 9.50 Å². The maximum atomic E-state index is 14.5. The fourth-order valence-corrected chi connectivity index (χ4v) is 6.03. The van der Waals surface area contributed by atoms with Crippen molar-refractivity contribution < 1.29 is 9.50 Å². The Morgan fingerprint density at radius 3 is 2.65 bits per heavy atom. The highest BCUT2D eigenvalue weighted by Crippen LogP contribution is 2.66. The number of unbranched alkanes of at least 4 members (excludes halogenated alkanes) is 3. The van der Waals surface area contributed by atoms with Crippen molar-refractivity contribution in [2.75, 3.05) is 5.73 Å². The summed E-state index contributed by atoms with van der Waals surface area (Å²) >= 11 is 0. The SMILES string of the molecule is C=C(c1ccccc1)C12CCC(O)C1CC(CCCCCC)=C2c1cc(N)cc(F)c1. The standard InChI is InChI=1S/C28H34FNO/c1-3-4-5-7-12-21-17-25-26(31)13-14-28(25,19(2)20-10-8-6-9-11-20)27(21)22-15-23(29)18-24(30)16-22/h6,8-11,15-16,18,25-26,31H,2-5,7,12-14,17,30H2,1H3. The van der Waals surface area contributed by atoms with Crippen molar-refractivity contribution in [1.82, 2.24) is 0 Å². The molecule has 0 aliphatic heterocycles. The van der Waals surface area contributed by atoms with Gasteiger partial charge in [-0.15, -0.1) is 0 Å². The summed E-state index contributed by atoms with van der Waals surface area (Å²) in [5.74, 6) is -0.226. The lowest BCUT2D eigenvalue weighted by atomic mass is 9.66. The lowest BCUT2D eigenvalue weighted by Crippen LogP contribution is -2.29. The number of aliphatic hydroxyl groups excluding tert-OH is 1. The Morgan fingerprint density at radius 2 is 1.94 bits per heavy atom. The zero-order valence-corrected chi connectivity index (χ0v) is 18.5. The van der Waals surface area contributed by atoms with Crippen LogP contribution in [0.25, 0.3) is 11.1 Å². The molecule has 0 radical (unpaired) electrons. The van der Waals surface area contributed by atoms with E-state index in [0.29, 0.717) is 5.69 Å². The van der Waals surface area contributed by atoms with Crippen molar-refractivity contribution in [3.63, 3.8) is 0 Å². The zero-order valence-electron chi connectivity index (χ0n) is 18.5. The molecule has 0 bridgehead atoms. The molecule has 2 aliphatic carbocycles. The second-order valence-electron chi connectivity index (χ2n) is 9.30. The van der Waals surface area contributed by atoms with Crippen LogP contribution in [0.15, 0.2) is 60.7 Å². The van der Waals surface area contributed by atoms with Gasteiger partial charge in [0.25, 0.3) is 0 Å². The fraction of sp³-hybridized carbons (Fsp3) is 0.429. The molecule has 3 atom stereocenters. The number of allylic oxidation sites excluding steroid dienone is 3. The molecular weight excluding hydrogens is 385 g/mol. The maximum absolute atomic E-state index is 14.5. The van der Waals surface area contributed by atoms with Gasteiger partial charge < -0.3 is 10.8 Å². The zero-order chi connectivity index (χ0) is 22.0. The molecule has 3 unspecified atom stereocenters. The number of aliphatic hydroxyl groups is 1. The van der Waals surface area contributed by atoms with E-state index in [1.165, 1.54) is 36.5 Å². The first kappa shape index (κ1) is 21.8. The number of hydrogen-bond acceptors (Lipinski definition) is 2. The van der Waals surface area contributed by atoms with Crippen LogP contribution in [-0.2, 0) is 0 Å². The molecule has 2 aromatic carbocycles. The van der Waals surface area contributed by atoms with Crippen LogP contribution >= 0.6 is 0 Å². The summed E-state index contributed by atoms with van der Waals surface area (Å²) in [7, 11) is 0. The molecule has 3 N–H and O–H groups in total. The molecule has 1 saturated carbocycles. The highest BCUT2D eigenvalue weighted by molar-refractivity contribution is 5.90. The Balaban J connectivity index is 1.85. The van der Waals surface area contributed by atoms with Gasteiger partial charge in [0.2, 0.25) is 0 Å². The number of nitrogens with two attached hydrogens (primary N) is 1. The van der Waals surface area contributed by atoms with Crippen LogP contribution in [0.3, 0.4) is 0 Å². The van der Waals surface area contributed by atoms with Gasteiger partial charge in [0.1, 0.15) is 5.82 Å². The number of anilines is 1. The van der Waals surface area contributed by atoms with E-state index in [-0.39, 0.29) is 23.3 Å². The van der Waals surface area contributed by atoms with Crippen molar-refractivity contribution >= 4 is 16.8 Å². The summed E-state index contributed by atoms with van der Waals surface area (Å²) in [5.41, 5.74) is 11.6. The molecule has 2 aliphatic rings. The first-order chi connectivity index (χ1) is 15.0. The Hall–Kier alpha value is -2.39. The summed E-state index contributed by atoms with van der Waals surface area (Å²) < 4.78 is 14.5. The van der Waals surface area contributed by atoms with E-state index in [2.05, 4.69) is 25.6 Å². The van der Waals surface area contributed by atoms with E-state index in [1.54, 1.807) is 6.07 Å². The number of hydrogen-bond donors (Lipinski definition) is 2. The minimum atomic E-state index is -0.374. The molecule has 1 fully saturated rings. The number of halogens is 1. The Kier molecular flexibility index (Phi) is 6.34. The van der Waals surface area contributed by atoms with Crippen LogP contribution in [0.5, 0.6) is 0 Å². The van der Waals surface area contributed by atoms with Crippen LogP contribution in [0.1, 0.15) is 69.4 Å². The predicted octanol–water partition coefficient (Wildman–Crippen LogP) is 7.01. The second kappa shape index (κ2) is 9.00. The van der Waals surface area contributed by atoms with Crippen molar-refractivity contribution in [2.45, 2.75) is 64.4 Å². The van der Waals surface area contributed by atoms with E-state index < -0.39 is 0 Å². The van der Waals surface area contributed by atoms with Gasteiger partial charge in [-0.1, -0.05) is 68.7 Å². The van der Waals surface area contributed by atoms with Gasteiger partial charge in [0.05, 0.1) is 6.10 Å². The van der Waals surface area contributed by atoms with Crippen LogP contribution in [0.4, 0.5) is 10.1 Å². The smallest absolute Gasteiger partial charge is 0.125 e. The molecule has 0 aromatic heterocycles. The van der Waals surface area contributed by atoms with Crippen LogP contribution in [0, 0.1) is 17.2 Å². The number of fused-ring (bicyclic) bond motifs is 1. The van der Waals surface area contributed by atoms with Crippen LogP contribution < -0.4 is 5.73 Å². The third kappa shape index (κ3) is 3.96. The van der Waals surface area contributed by atoms with E-state index in [1.807, 2.05) is 24.3 Å². The minimum Gasteiger partial charge on any atom is -0.399 e. The van der Waals surface area contributed by atoms with Gasteiger partial charge in [-0.25, -0.2) is 4.39 Å². The molecule has 0 heterocycles. The minimum absolute atomic E-state index is 0.0841. The van der Waals surface area contributed by atoms with Crippen molar-refractivity contribution in [2.24, 2.45) is 11.3 Å². The topological polar surface area (TPSA) is 46.2 Å². The summed E-state index contributed by atoms with van der Waals surface area (Å²) in [6.07, 6.45) is 7.78. The first-order valence-corrected chi connectivity index (χ1v) is 11.7. The Bertz CT molecular complexity index is 960. The fourth-order valence-electron chi connectivity index (χ4n) is 6.03. The van der Waals surface area contributed by atoms with Gasteiger partial charge in [-0.3, -0.25) is 0 Å². The van der Waals surface area contributed by atoms with Crippen molar-refractivity contribution in [3.05, 3.63) is 77.6 Å². The average Bonchev–Trinajstić information content (AvgIpc) is 3.25. The molecule has 2 aromatic rings. The molecule has 0 amide bonds. The molecule has 0 spiro atoms. The molecule has 3 heteroatoms. The van der Waals surface area contributed by atoms with E-state index in [4.69, 9.17) is 5.73 Å². The summed E-state index contributed by atoms with van der Waals surface area (Å²) in [6, 6.07) is 15.1. The number of benzene rings is 2. The van der Waals surface area contributed by atoms with Gasteiger partial charge in [0, 0.05) is 17.0 Å². The highest BCUT2D eigenvalue weighted by atomic mass is 19.1. The molecular formula is C28H34FNO. The number of nitrogen functional groups attached to an aromatic ring is 1. The normalized spacial score (nSPS) is 25.1. The summed E-state index contributed by atoms with van der Waals surface area (Å²) in [5, 5.41) is 11.0. The average molecular weight is 420 g/mol. The highest BCUT2D eigenvalue weighted by Gasteiger charge is 2.56. The largest absolute Gasteiger partial charge is 0.399 e. The second-order valence-corrected chi connectivity index (χ2v) is 9.30. The van der Waals surface area contributed by atoms with Crippen molar-refractivity contribution in [1.29, 1.82) is 0 Å². The summed E-state index contributed by atoms with van der Waals surface area (Å²) in [6.45, 7) is 6.79. The molecule has 0 saturated heterocycles. The lowest BCUT2D eigenvalue weighted by molar-refractivity contribution is 0.120. The van der Waals surface area contributed by atoms with Crippen LogP contribution in [-0.4, -0.2) is 11.2 Å². The van der Waals surface area contributed by atoms with Gasteiger partial charge in [-0.2, -0.15) is 0 Å². The number of rotatable bonds is 8.